The molecule has 0 aliphatic rings. The van der Waals surface area contributed by atoms with Gasteiger partial charge in [0.2, 0.25) is 0 Å². The van der Waals surface area contributed by atoms with Crippen molar-refractivity contribution in [3.05, 3.63) is 35.9 Å². The van der Waals surface area contributed by atoms with Crippen molar-refractivity contribution in [2.24, 2.45) is 5.73 Å². The first-order valence-electron chi connectivity index (χ1n) is 5.93. The Morgan fingerprint density at radius 3 is 2.12 bits per heavy atom. The van der Waals surface area contributed by atoms with E-state index in [9.17, 15) is 5.11 Å². The Bertz CT molecular complexity index is 315. The minimum Gasteiger partial charge on any atom is -0.396 e. The van der Waals surface area contributed by atoms with E-state index in [1.807, 2.05) is 32.0 Å². The van der Waals surface area contributed by atoms with E-state index in [4.69, 9.17) is 5.73 Å². The van der Waals surface area contributed by atoms with Crippen molar-refractivity contribution < 1.29 is 5.11 Å². The van der Waals surface area contributed by atoms with Crippen LogP contribution in [0.15, 0.2) is 30.3 Å². The van der Waals surface area contributed by atoms with Gasteiger partial charge in [-0.1, -0.05) is 37.3 Å². The normalized spacial score (nSPS) is 15.8. The second-order valence-corrected chi connectivity index (χ2v) is 5.00. The Kier molecular flexibility index (Phi) is 4.11. The first kappa shape index (κ1) is 13.2. The Labute approximate surface area is 98.5 Å². The minimum atomic E-state index is -0.341. The van der Waals surface area contributed by atoms with Crippen LogP contribution in [0, 0.1) is 0 Å². The molecule has 0 spiro atoms. The quantitative estimate of drug-likeness (QED) is 0.802. The summed E-state index contributed by atoms with van der Waals surface area (Å²) >= 11 is 0. The van der Waals surface area contributed by atoms with E-state index in [2.05, 4.69) is 19.1 Å². The molecule has 0 bridgehead atoms. The van der Waals surface area contributed by atoms with E-state index in [1.54, 1.807) is 0 Å². The highest BCUT2D eigenvalue weighted by molar-refractivity contribution is 5.29. The molecule has 1 rings (SSSR count). The lowest BCUT2D eigenvalue weighted by molar-refractivity contribution is 0.170. The fraction of sp³-hybridized carbons (Fsp3) is 0.571. The third kappa shape index (κ3) is 2.28. The molecular formula is C14H23NO. The summed E-state index contributed by atoms with van der Waals surface area (Å²) in [5.74, 6) is 0. The molecule has 16 heavy (non-hydrogen) atoms. The van der Waals surface area contributed by atoms with Gasteiger partial charge in [0.1, 0.15) is 0 Å². The fourth-order valence-electron chi connectivity index (χ4n) is 2.62. The molecule has 0 radical (unpaired) electrons. The molecule has 2 nitrogen and oxygen atoms in total. The van der Waals surface area contributed by atoms with Crippen LogP contribution in [0.25, 0.3) is 0 Å². The maximum atomic E-state index is 9.30. The predicted octanol–water partition coefficient (Wildman–Crippen LogP) is 2.45. The Morgan fingerprint density at radius 1 is 1.19 bits per heavy atom. The van der Waals surface area contributed by atoms with Gasteiger partial charge >= 0.3 is 0 Å². The van der Waals surface area contributed by atoms with Gasteiger partial charge in [-0.2, -0.15) is 0 Å². The van der Waals surface area contributed by atoms with Crippen LogP contribution in [0.1, 0.15) is 39.2 Å². The first-order valence-corrected chi connectivity index (χ1v) is 5.93. The monoisotopic (exact) mass is 221 g/mol. The molecule has 90 valence electrons. The molecule has 0 saturated carbocycles. The lowest BCUT2D eigenvalue weighted by Crippen LogP contribution is -2.54. The van der Waals surface area contributed by atoms with Crippen LogP contribution in [-0.4, -0.2) is 17.3 Å². The molecule has 1 atom stereocenters. The summed E-state index contributed by atoms with van der Waals surface area (Å²) in [7, 11) is 0. The molecule has 1 aromatic carbocycles. The Hall–Kier alpha value is -0.860. The van der Waals surface area contributed by atoms with Crippen LogP contribution in [0.5, 0.6) is 0 Å². The highest BCUT2D eigenvalue weighted by atomic mass is 16.3. The van der Waals surface area contributed by atoms with E-state index in [-0.39, 0.29) is 17.6 Å². The van der Waals surface area contributed by atoms with Gasteiger partial charge < -0.3 is 10.8 Å². The van der Waals surface area contributed by atoms with Crippen molar-refractivity contribution in [2.75, 3.05) is 6.61 Å². The number of nitrogens with two attached hydrogens (primary N) is 1. The van der Waals surface area contributed by atoms with E-state index in [0.29, 0.717) is 6.42 Å². The molecule has 0 aliphatic carbocycles. The number of aliphatic hydroxyl groups is 1. The van der Waals surface area contributed by atoms with Crippen molar-refractivity contribution in [3.63, 3.8) is 0 Å². The number of rotatable bonds is 5. The highest BCUT2D eigenvalue weighted by Crippen LogP contribution is 2.39. The van der Waals surface area contributed by atoms with Gasteiger partial charge in [-0.3, -0.25) is 0 Å². The van der Waals surface area contributed by atoms with Crippen LogP contribution in [0.2, 0.25) is 0 Å². The van der Waals surface area contributed by atoms with Gasteiger partial charge in [0.05, 0.1) is 0 Å². The maximum absolute atomic E-state index is 9.30. The van der Waals surface area contributed by atoms with E-state index >= 15 is 0 Å². The van der Waals surface area contributed by atoms with Crippen molar-refractivity contribution in [3.8, 4) is 0 Å². The number of aliphatic hydroxyl groups excluding tert-OH is 1. The van der Waals surface area contributed by atoms with Crippen LogP contribution in [-0.2, 0) is 5.41 Å². The maximum Gasteiger partial charge on any atom is 0.0440 e. The summed E-state index contributed by atoms with van der Waals surface area (Å²) in [6.45, 7) is 6.39. The molecule has 0 aromatic heterocycles. The molecule has 0 fully saturated rings. The van der Waals surface area contributed by atoms with Crippen LogP contribution in [0.4, 0.5) is 0 Å². The first-order chi connectivity index (χ1) is 7.48. The van der Waals surface area contributed by atoms with Crippen LogP contribution >= 0.6 is 0 Å². The molecule has 1 unspecified atom stereocenters. The fourth-order valence-corrected chi connectivity index (χ4v) is 2.62. The number of hydrogen-bond donors (Lipinski definition) is 2. The average molecular weight is 221 g/mol. The molecule has 1 aromatic rings. The smallest absolute Gasteiger partial charge is 0.0440 e. The van der Waals surface area contributed by atoms with Crippen molar-refractivity contribution in [2.45, 2.75) is 44.6 Å². The van der Waals surface area contributed by atoms with Gasteiger partial charge in [0.25, 0.3) is 0 Å². The zero-order valence-electron chi connectivity index (χ0n) is 10.5. The standard InChI is InChI=1S/C14H23NO/c1-4-14(10-11-16,13(2,3)15)12-8-6-5-7-9-12/h5-9,16H,4,10-11,15H2,1-3H3. The molecule has 3 N–H and O–H groups in total. The van der Waals surface area contributed by atoms with E-state index in [0.717, 1.165) is 6.42 Å². The third-order valence-corrected chi connectivity index (χ3v) is 3.70. The van der Waals surface area contributed by atoms with Crippen molar-refractivity contribution >= 4 is 0 Å². The predicted molar refractivity (Wildman–Crippen MR) is 68.4 cm³/mol. The molecule has 0 heterocycles. The second kappa shape index (κ2) is 4.98. The molecule has 2 heteroatoms. The summed E-state index contributed by atoms with van der Waals surface area (Å²) in [5, 5.41) is 9.30. The van der Waals surface area contributed by atoms with Gasteiger partial charge in [0.15, 0.2) is 0 Å². The van der Waals surface area contributed by atoms with Crippen LogP contribution in [0.3, 0.4) is 0 Å². The molecule has 0 saturated heterocycles. The zero-order valence-corrected chi connectivity index (χ0v) is 10.5. The van der Waals surface area contributed by atoms with Crippen molar-refractivity contribution in [1.29, 1.82) is 0 Å². The highest BCUT2D eigenvalue weighted by Gasteiger charge is 2.41. The molecule has 0 aliphatic heterocycles. The largest absolute Gasteiger partial charge is 0.396 e. The minimum absolute atomic E-state index is 0.150. The van der Waals surface area contributed by atoms with Gasteiger partial charge in [-0.25, -0.2) is 0 Å². The Balaban J connectivity index is 3.23. The number of hydrogen-bond acceptors (Lipinski definition) is 2. The second-order valence-electron chi connectivity index (χ2n) is 5.00. The van der Waals surface area contributed by atoms with E-state index < -0.39 is 0 Å². The summed E-state index contributed by atoms with van der Waals surface area (Å²) in [4.78, 5) is 0. The Morgan fingerprint density at radius 2 is 1.75 bits per heavy atom. The third-order valence-electron chi connectivity index (χ3n) is 3.70. The summed E-state index contributed by atoms with van der Waals surface area (Å²) in [6, 6.07) is 10.3. The van der Waals surface area contributed by atoms with Gasteiger partial charge in [-0.05, 0) is 32.3 Å². The van der Waals surface area contributed by atoms with Gasteiger partial charge in [0, 0.05) is 17.6 Å². The summed E-state index contributed by atoms with van der Waals surface area (Å²) in [5.41, 5.74) is 7.06. The van der Waals surface area contributed by atoms with E-state index in [1.165, 1.54) is 5.56 Å². The number of benzene rings is 1. The lowest BCUT2D eigenvalue weighted by Gasteiger charge is -2.44. The van der Waals surface area contributed by atoms with Crippen LogP contribution < -0.4 is 5.73 Å². The summed E-state index contributed by atoms with van der Waals surface area (Å²) < 4.78 is 0. The topological polar surface area (TPSA) is 46.2 Å². The lowest BCUT2D eigenvalue weighted by atomic mass is 9.63. The zero-order chi connectivity index (χ0) is 12.2. The summed E-state index contributed by atoms with van der Waals surface area (Å²) in [6.07, 6.45) is 1.64. The molecular weight excluding hydrogens is 198 g/mol. The SMILES string of the molecule is CCC(CCO)(c1ccccc1)C(C)(C)N. The van der Waals surface area contributed by atoms with Crippen molar-refractivity contribution in [1.82, 2.24) is 0 Å². The molecule has 0 amide bonds. The van der Waals surface area contributed by atoms with Gasteiger partial charge in [-0.15, -0.1) is 0 Å². The average Bonchev–Trinajstić information content (AvgIpc) is 2.25.